The number of anilines is 1. The summed E-state index contributed by atoms with van der Waals surface area (Å²) < 4.78 is 2.18. The van der Waals surface area contributed by atoms with Crippen LogP contribution in [0.2, 0.25) is 5.02 Å². The predicted molar refractivity (Wildman–Crippen MR) is 152 cm³/mol. The van der Waals surface area contributed by atoms with Crippen molar-refractivity contribution in [2.24, 2.45) is 0 Å². The molecule has 8 nitrogen and oxygen atoms in total. The van der Waals surface area contributed by atoms with Crippen LogP contribution in [-0.4, -0.2) is 40.5 Å². The Bertz CT molecular complexity index is 1650. The first-order valence-electron chi connectivity index (χ1n) is 11.8. The van der Waals surface area contributed by atoms with E-state index in [-0.39, 0.29) is 17.9 Å². The zero-order chi connectivity index (χ0) is 27.0. The fraction of sp³-hybridized carbons (Fsp3) is 0.143. The van der Waals surface area contributed by atoms with Gasteiger partial charge < -0.3 is 4.90 Å². The molecule has 5 rings (SSSR count). The van der Waals surface area contributed by atoms with Crippen molar-refractivity contribution >= 4 is 62.0 Å². The van der Waals surface area contributed by atoms with Crippen molar-refractivity contribution in [1.29, 1.82) is 0 Å². The molecule has 38 heavy (non-hydrogen) atoms. The Morgan fingerprint density at radius 2 is 1.87 bits per heavy atom. The van der Waals surface area contributed by atoms with Gasteiger partial charge in [0.1, 0.15) is 11.9 Å². The maximum atomic E-state index is 13.6. The number of aromatic nitrogens is 2. The van der Waals surface area contributed by atoms with Crippen molar-refractivity contribution in [2.45, 2.75) is 12.5 Å². The van der Waals surface area contributed by atoms with Crippen molar-refractivity contribution in [3.05, 3.63) is 104 Å². The third-order valence-corrected chi connectivity index (χ3v) is 6.96. The zero-order valence-electron chi connectivity index (χ0n) is 20.6. The summed E-state index contributed by atoms with van der Waals surface area (Å²) in [5, 5.41) is 2.08. The van der Waals surface area contributed by atoms with E-state index in [2.05, 4.69) is 21.4 Å². The van der Waals surface area contributed by atoms with E-state index in [9.17, 15) is 14.4 Å². The molecule has 3 aromatic carbocycles. The molecular weight excluding hydrogens is 570 g/mol. The molecule has 2 heterocycles. The molecular formula is C28H23BrClN5O3. The molecule has 1 aliphatic heterocycles. The molecule has 10 heteroatoms. The van der Waals surface area contributed by atoms with Gasteiger partial charge in [0.05, 0.1) is 23.0 Å². The van der Waals surface area contributed by atoms with Crippen LogP contribution in [0.4, 0.5) is 5.69 Å². The minimum atomic E-state index is -0.640. The molecule has 0 spiro atoms. The third kappa shape index (κ3) is 5.07. The van der Waals surface area contributed by atoms with Gasteiger partial charge >= 0.3 is 0 Å². The van der Waals surface area contributed by atoms with Crippen molar-refractivity contribution in [2.75, 3.05) is 19.0 Å². The molecule has 2 amide bonds. The lowest BCUT2D eigenvalue weighted by atomic mass is 10.0. The molecule has 0 bridgehead atoms. The number of nitrogens with one attached hydrogen (secondary N) is 1. The van der Waals surface area contributed by atoms with E-state index in [1.807, 2.05) is 43.3 Å². The minimum absolute atomic E-state index is 0.0883. The molecule has 1 aliphatic rings. The van der Waals surface area contributed by atoms with Gasteiger partial charge in [0.25, 0.3) is 11.5 Å². The molecule has 192 valence electrons. The number of rotatable bonds is 6. The lowest BCUT2D eigenvalue weighted by Crippen LogP contribution is -2.57. The van der Waals surface area contributed by atoms with Crippen molar-refractivity contribution < 1.29 is 9.59 Å². The van der Waals surface area contributed by atoms with Crippen LogP contribution in [-0.2, 0) is 9.59 Å². The van der Waals surface area contributed by atoms with E-state index in [4.69, 9.17) is 16.6 Å². The van der Waals surface area contributed by atoms with Crippen molar-refractivity contribution in [3.8, 4) is 5.69 Å². The van der Waals surface area contributed by atoms with Gasteiger partial charge in [-0.25, -0.2) is 9.99 Å². The standard InChI is InChI=1S/C28H23BrClN5O3/c1-33(2)20-10-6-17(7-11-20)8-13-25(36)32-35-24(16-26(35)37)27-31-23-12-9-18(29)14-22(23)28(38)34(27)21-5-3-4-19(30)15-21/h3-15,24H,16H2,1-2H3,(H,32,36)/b13-8+. The maximum absolute atomic E-state index is 13.6. The number of hydrogen-bond acceptors (Lipinski definition) is 5. The van der Waals surface area contributed by atoms with Crippen molar-refractivity contribution in [3.63, 3.8) is 0 Å². The van der Waals surface area contributed by atoms with Gasteiger partial charge in [-0.15, -0.1) is 0 Å². The van der Waals surface area contributed by atoms with Crippen molar-refractivity contribution in [1.82, 2.24) is 20.0 Å². The van der Waals surface area contributed by atoms with E-state index >= 15 is 0 Å². The smallest absolute Gasteiger partial charge is 0.266 e. The molecule has 1 aromatic heterocycles. The summed E-state index contributed by atoms with van der Waals surface area (Å²) >= 11 is 9.64. The quantitative estimate of drug-likeness (QED) is 0.255. The third-order valence-electron chi connectivity index (χ3n) is 6.24. The zero-order valence-corrected chi connectivity index (χ0v) is 22.9. The summed E-state index contributed by atoms with van der Waals surface area (Å²) in [6.45, 7) is 0. The number of benzene rings is 3. The van der Waals surface area contributed by atoms with Crippen LogP contribution in [0.5, 0.6) is 0 Å². The van der Waals surface area contributed by atoms with Gasteiger partial charge in [0.15, 0.2) is 0 Å². The molecule has 1 saturated heterocycles. The number of carbonyl (C=O) groups excluding carboxylic acids is 2. The molecule has 4 aromatic rings. The summed E-state index contributed by atoms with van der Waals surface area (Å²) in [6, 6.07) is 19.1. The number of halogens is 2. The van der Waals surface area contributed by atoms with Gasteiger partial charge in [-0.1, -0.05) is 45.7 Å². The van der Waals surface area contributed by atoms with Crippen LogP contribution in [0.3, 0.4) is 0 Å². The number of nitrogens with zero attached hydrogens (tertiary/aromatic N) is 4. The van der Waals surface area contributed by atoms with Gasteiger partial charge in [0, 0.05) is 35.4 Å². The highest BCUT2D eigenvalue weighted by molar-refractivity contribution is 9.10. The predicted octanol–water partition coefficient (Wildman–Crippen LogP) is 4.89. The fourth-order valence-electron chi connectivity index (χ4n) is 4.24. The molecule has 0 aliphatic carbocycles. The fourth-order valence-corrected chi connectivity index (χ4v) is 4.78. The van der Waals surface area contributed by atoms with E-state index in [0.717, 1.165) is 15.7 Å². The maximum Gasteiger partial charge on any atom is 0.266 e. The topological polar surface area (TPSA) is 87.5 Å². The lowest BCUT2D eigenvalue weighted by Gasteiger charge is -2.39. The Morgan fingerprint density at radius 1 is 1.11 bits per heavy atom. The number of β-lactam (4-membered cyclic amide) rings is 1. The van der Waals surface area contributed by atoms with Crippen LogP contribution in [0.25, 0.3) is 22.7 Å². The van der Waals surface area contributed by atoms with E-state index < -0.39 is 11.9 Å². The second-order valence-corrected chi connectivity index (χ2v) is 10.4. The second kappa shape index (κ2) is 10.4. The molecule has 1 fully saturated rings. The number of hydrazine groups is 1. The Kier molecular flexibility index (Phi) is 7.05. The summed E-state index contributed by atoms with van der Waals surface area (Å²) in [5.41, 5.74) is 5.22. The molecule has 1 unspecified atom stereocenters. The summed E-state index contributed by atoms with van der Waals surface area (Å²) in [5.74, 6) is -0.425. The van der Waals surface area contributed by atoms with Crippen LogP contribution in [0, 0.1) is 0 Å². The molecule has 1 atom stereocenters. The van der Waals surface area contributed by atoms with E-state index in [1.54, 1.807) is 48.5 Å². The van der Waals surface area contributed by atoms with Crippen LogP contribution in [0.15, 0.2) is 82.1 Å². The molecule has 0 radical (unpaired) electrons. The minimum Gasteiger partial charge on any atom is -0.378 e. The molecule has 0 saturated carbocycles. The Labute approximate surface area is 232 Å². The Balaban J connectivity index is 1.47. The number of hydrogen-bond donors (Lipinski definition) is 1. The number of fused-ring (bicyclic) bond motifs is 1. The van der Waals surface area contributed by atoms with Gasteiger partial charge in [-0.2, -0.15) is 0 Å². The van der Waals surface area contributed by atoms with E-state index in [0.29, 0.717) is 27.4 Å². The van der Waals surface area contributed by atoms with Crippen LogP contribution in [0.1, 0.15) is 23.9 Å². The Hall–Kier alpha value is -3.95. The summed E-state index contributed by atoms with van der Waals surface area (Å²) in [4.78, 5) is 45.7. The number of amides is 2. The average molecular weight is 593 g/mol. The first-order chi connectivity index (χ1) is 18.2. The summed E-state index contributed by atoms with van der Waals surface area (Å²) in [6.07, 6.45) is 3.12. The first kappa shape index (κ1) is 25.7. The normalized spacial score (nSPS) is 15.1. The van der Waals surface area contributed by atoms with Gasteiger partial charge in [0.2, 0.25) is 5.91 Å². The Morgan fingerprint density at radius 3 is 2.55 bits per heavy atom. The van der Waals surface area contributed by atoms with Crippen LogP contribution >= 0.6 is 27.5 Å². The summed E-state index contributed by atoms with van der Waals surface area (Å²) in [7, 11) is 3.90. The van der Waals surface area contributed by atoms with Gasteiger partial charge in [-0.05, 0) is 60.2 Å². The lowest BCUT2D eigenvalue weighted by molar-refractivity contribution is -0.156. The first-order valence-corrected chi connectivity index (χ1v) is 12.9. The largest absolute Gasteiger partial charge is 0.378 e. The second-order valence-electron chi connectivity index (χ2n) is 9.03. The highest BCUT2D eigenvalue weighted by Crippen LogP contribution is 2.33. The highest BCUT2D eigenvalue weighted by Gasteiger charge is 2.41. The number of carbonyl (C=O) groups is 2. The van der Waals surface area contributed by atoms with E-state index in [1.165, 1.54) is 15.7 Å². The average Bonchev–Trinajstić information content (AvgIpc) is 2.89. The highest BCUT2D eigenvalue weighted by atomic mass is 79.9. The SMILES string of the molecule is CN(C)c1ccc(/C=C/C(=O)NN2C(=O)CC2c2nc3ccc(Br)cc3c(=O)n2-c2cccc(Cl)c2)cc1. The van der Waals surface area contributed by atoms with Crippen LogP contribution < -0.4 is 15.9 Å². The van der Waals surface area contributed by atoms with Gasteiger partial charge in [-0.3, -0.25) is 24.4 Å². The molecule has 1 N–H and O–H groups in total. The monoisotopic (exact) mass is 591 g/mol.